The zero-order valence-electron chi connectivity index (χ0n) is 12.5. The van der Waals surface area contributed by atoms with E-state index in [-0.39, 0.29) is 5.91 Å². The molecule has 2 rings (SSSR count). The molecule has 1 aliphatic heterocycles. The molecule has 0 spiro atoms. The van der Waals surface area contributed by atoms with Gasteiger partial charge in [0.25, 0.3) is 5.91 Å². The Hall–Kier alpha value is -1.55. The van der Waals surface area contributed by atoms with Crippen LogP contribution in [0.3, 0.4) is 0 Å². The molecule has 1 aromatic rings. The van der Waals surface area contributed by atoms with Crippen molar-refractivity contribution in [2.75, 3.05) is 19.0 Å². The number of aryl methyl sites for hydroxylation is 1. The summed E-state index contributed by atoms with van der Waals surface area (Å²) in [5.74, 6) is -0.0496. The predicted octanol–water partition coefficient (Wildman–Crippen LogP) is 2.72. The first kappa shape index (κ1) is 14.9. The van der Waals surface area contributed by atoms with Crippen molar-refractivity contribution in [1.29, 1.82) is 0 Å². The van der Waals surface area contributed by atoms with Gasteiger partial charge in [0.15, 0.2) is 0 Å². The normalized spacial score (nSPS) is 22.4. The van der Waals surface area contributed by atoms with Crippen LogP contribution in [0.4, 0.5) is 5.69 Å². The molecule has 1 aliphatic rings. The third kappa shape index (κ3) is 3.51. The van der Waals surface area contributed by atoms with Crippen LogP contribution in [0.15, 0.2) is 18.2 Å². The molecule has 0 aromatic heterocycles. The quantitative estimate of drug-likeness (QED) is 0.889. The fraction of sp³-hybridized carbons (Fsp3) is 0.562. The number of carbonyl (C=O) groups excluding carboxylic acids is 1. The largest absolute Gasteiger partial charge is 0.382 e. The summed E-state index contributed by atoms with van der Waals surface area (Å²) in [6.45, 7) is 5.03. The van der Waals surface area contributed by atoms with E-state index in [1.54, 1.807) is 7.05 Å². The molecule has 2 unspecified atom stereocenters. The van der Waals surface area contributed by atoms with Crippen molar-refractivity contribution in [3.63, 3.8) is 0 Å². The zero-order valence-corrected chi connectivity index (χ0v) is 12.5. The highest BCUT2D eigenvalue weighted by molar-refractivity contribution is 5.95. The van der Waals surface area contributed by atoms with Crippen LogP contribution in [0.5, 0.6) is 0 Å². The van der Waals surface area contributed by atoms with Gasteiger partial charge in [0.1, 0.15) is 0 Å². The van der Waals surface area contributed by atoms with E-state index in [1.807, 2.05) is 18.2 Å². The van der Waals surface area contributed by atoms with Crippen molar-refractivity contribution in [3.05, 3.63) is 29.3 Å². The average molecular weight is 276 g/mol. The maximum Gasteiger partial charge on any atom is 0.251 e. The number of carbonyl (C=O) groups is 1. The number of benzene rings is 1. The van der Waals surface area contributed by atoms with Gasteiger partial charge in [0, 0.05) is 30.9 Å². The second-order valence-corrected chi connectivity index (χ2v) is 5.38. The monoisotopic (exact) mass is 276 g/mol. The summed E-state index contributed by atoms with van der Waals surface area (Å²) >= 11 is 0. The highest BCUT2D eigenvalue weighted by atomic mass is 16.5. The Balaban J connectivity index is 2.10. The zero-order chi connectivity index (χ0) is 14.5. The van der Waals surface area contributed by atoms with E-state index >= 15 is 0 Å². The van der Waals surface area contributed by atoms with E-state index in [4.69, 9.17) is 4.74 Å². The maximum absolute atomic E-state index is 11.7. The van der Waals surface area contributed by atoms with Crippen LogP contribution in [0.25, 0.3) is 0 Å². The van der Waals surface area contributed by atoms with E-state index in [0.717, 1.165) is 37.1 Å². The van der Waals surface area contributed by atoms with Gasteiger partial charge in [-0.2, -0.15) is 0 Å². The van der Waals surface area contributed by atoms with Crippen LogP contribution in [-0.4, -0.2) is 31.7 Å². The maximum atomic E-state index is 11.7. The lowest BCUT2D eigenvalue weighted by molar-refractivity contribution is 0.00924. The Bertz CT molecular complexity index is 474. The van der Waals surface area contributed by atoms with Crippen LogP contribution in [0, 0.1) is 6.92 Å². The summed E-state index contributed by atoms with van der Waals surface area (Å²) in [6, 6.07) is 6.21. The molecular formula is C16H24N2O2. The van der Waals surface area contributed by atoms with Gasteiger partial charge in [-0.05, 0) is 43.9 Å². The smallest absolute Gasteiger partial charge is 0.251 e. The summed E-state index contributed by atoms with van der Waals surface area (Å²) in [6.07, 6.45) is 3.44. The van der Waals surface area contributed by atoms with Crippen molar-refractivity contribution < 1.29 is 9.53 Å². The van der Waals surface area contributed by atoms with E-state index in [1.165, 1.54) is 0 Å². The molecular weight excluding hydrogens is 252 g/mol. The first-order valence-corrected chi connectivity index (χ1v) is 7.35. The van der Waals surface area contributed by atoms with E-state index < -0.39 is 0 Å². The first-order valence-electron chi connectivity index (χ1n) is 7.35. The minimum atomic E-state index is -0.0496. The minimum absolute atomic E-state index is 0.0496. The molecule has 2 atom stereocenters. The number of hydrogen-bond acceptors (Lipinski definition) is 3. The second kappa shape index (κ2) is 6.75. The molecule has 2 N–H and O–H groups in total. The van der Waals surface area contributed by atoms with Gasteiger partial charge in [-0.15, -0.1) is 0 Å². The van der Waals surface area contributed by atoms with Gasteiger partial charge >= 0.3 is 0 Å². The summed E-state index contributed by atoms with van der Waals surface area (Å²) < 4.78 is 5.70. The van der Waals surface area contributed by atoms with E-state index in [0.29, 0.717) is 17.7 Å². The van der Waals surface area contributed by atoms with Crippen LogP contribution >= 0.6 is 0 Å². The van der Waals surface area contributed by atoms with E-state index in [2.05, 4.69) is 24.5 Å². The molecule has 0 radical (unpaired) electrons. The molecule has 0 saturated carbocycles. The Labute approximate surface area is 120 Å². The van der Waals surface area contributed by atoms with Gasteiger partial charge in [0.2, 0.25) is 0 Å². The van der Waals surface area contributed by atoms with Crippen LogP contribution < -0.4 is 10.6 Å². The number of ether oxygens (including phenoxy) is 1. The number of nitrogens with one attached hydrogen (secondary N) is 2. The van der Waals surface area contributed by atoms with Crippen molar-refractivity contribution in [3.8, 4) is 0 Å². The number of amides is 1. The molecule has 4 nitrogen and oxygen atoms in total. The highest BCUT2D eigenvalue weighted by Gasteiger charge is 2.21. The van der Waals surface area contributed by atoms with Gasteiger partial charge in [-0.25, -0.2) is 0 Å². The summed E-state index contributed by atoms with van der Waals surface area (Å²) in [5.41, 5.74) is 2.91. The Morgan fingerprint density at radius 2 is 2.25 bits per heavy atom. The predicted molar refractivity (Wildman–Crippen MR) is 81.2 cm³/mol. The third-order valence-electron chi connectivity index (χ3n) is 3.91. The number of rotatable bonds is 4. The molecule has 1 aromatic carbocycles. The van der Waals surface area contributed by atoms with Gasteiger partial charge in [-0.1, -0.05) is 13.0 Å². The molecule has 0 aliphatic carbocycles. The molecule has 4 heteroatoms. The Morgan fingerprint density at radius 1 is 1.45 bits per heavy atom. The van der Waals surface area contributed by atoms with Crippen molar-refractivity contribution >= 4 is 11.6 Å². The summed E-state index contributed by atoms with van der Waals surface area (Å²) in [4.78, 5) is 11.7. The molecule has 1 amide bonds. The highest BCUT2D eigenvalue weighted by Crippen LogP contribution is 2.23. The van der Waals surface area contributed by atoms with Crippen LogP contribution in [-0.2, 0) is 4.74 Å². The molecule has 20 heavy (non-hydrogen) atoms. The summed E-state index contributed by atoms with van der Waals surface area (Å²) in [5, 5.41) is 6.23. The lowest BCUT2D eigenvalue weighted by Crippen LogP contribution is -2.34. The molecule has 1 heterocycles. The molecule has 1 saturated heterocycles. The molecule has 0 bridgehead atoms. The minimum Gasteiger partial charge on any atom is -0.382 e. The molecule has 1 fully saturated rings. The SMILES string of the molecule is CCC1CC(Nc2cc(C(=O)NC)ccc2C)CCO1. The summed E-state index contributed by atoms with van der Waals surface area (Å²) in [7, 11) is 1.65. The fourth-order valence-corrected chi connectivity index (χ4v) is 2.58. The van der Waals surface area contributed by atoms with E-state index in [9.17, 15) is 4.79 Å². The lowest BCUT2D eigenvalue weighted by atomic mass is 10.0. The first-order chi connectivity index (χ1) is 9.63. The topological polar surface area (TPSA) is 50.4 Å². The van der Waals surface area contributed by atoms with Gasteiger partial charge < -0.3 is 15.4 Å². The Morgan fingerprint density at radius 3 is 2.95 bits per heavy atom. The second-order valence-electron chi connectivity index (χ2n) is 5.38. The van der Waals surface area contributed by atoms with Gasteiger partial charge in [-0.3, -0.25) is 4.79 Å². The van der Waals surface area contributed by atoms with Crippen molar-refractivity contribution in [2.24, 2.45) is 0 Å². The fourth-order valence-electron chi connectivity index (χ4n) is 2.58. The van der Waals surface area contributed by atoms with Crippen LogP contribution in [0.1, 0.15) is 42.1 Å². The number of anilines is 1. The average Bonchev–Trinajstić information content (AvgIpc) is 2.49. The third-order valence-corrected chi connectivity index (χ3v) is 3.91. The van der Waals surface area contributed by atoms with Crippen LogP contribution in [0.2, 0.25) is 0 Å². The standard InChI is InChI=1S/C16H24N2O2/c1-4-14-10-13(7-8-20-14)18-15-9-12(16(19)17-3)6-5-11(15)2/h5-6,9,13-14,18H,4,7-8,10H2,1-3H3,(H,17,19). The molecule has 110 valence electrons. The van der Waals surface area contributed by atoms with Gasteiger partial charge in [0.05, 0.1) is 6.10 Å². The Kier molecular flexibility index (Phi) is 5.01. The van der Waals surface area contributed by atoms with Crippen molar-refractivity contribution in [2.45, 2.75) is 45.3 Å². The lowest BCUT2D eigenvalue weighted by Gasteiger charge is -2.30. The van der Waals surface area contributed by atoms with Crippen molar-refractivity contribution in [1.82, 2.24) is 5.32 Å². The number of hydrogen-bond donors (Lipinski definition) is 2.